The Labute approximate surface area is 182 Å². The van der Waals surface area contributed by atoms with Gasteiger partial charge in [0.05, 0.1) is 0 Å². The van der Waals surface area contributed by atoms with Crippen LogP contribution in [-0.4, -0.2) is 28.1 Å². The molecule has 1 aromatic heterocycles. The summed E-state index contributed by atoms with van der Waals surface area (Å²) in [5.74, 6) is 0.420. The van der Waals surface area contributed by atoms with Gasteiger partial charge in [0, 0.05) is 12.0 Å². The highest BCUT2D eigenvalue weighted by Gasteiger charge is 2.27. The second kappa shape index (κ2) is 10.7. The van der Waals surface area contributed by atoms with Gasteiger partial charge in [-0.2, -0.15) is 0 Å². The van der Waals surface area contributed by atoms with Crippen molar-refractivity contribution in [2.24, 2.45) is 11.8 Å². The number of nitrogens with zero attached hydrogens (tertiary/aromatic N) is 2. The molecule has 2 aromatic rings. The Morgan fingerprint density at radius 3 is 2.53 bits per heavy atom. The van der Waals surface area contributed by atoms with Crippen molar-refractivity contribution >= 4 is 28.3 Å². The van der Waals surface area contributed by atoms with Gasteiger partial charge >= 0.3 is 0 Å². The highest BCUT2D eigenvalue weighted by molar-refractivity contribution is 7.18. The lowest BCUT2D eigenvalue weighted by Gasteiger charge is -2.23. The Morgan fingerprint density at radius 1 is 1.17 bits per heavy atom. The fourth-order valence-corrected chi connectivity index (χ4v) is 4.60. The predicted octanol–water partition coefficient (Wildman–Crippen LogP) is 4.95. The van der Waals surface area contributed by atoms with E-state index in [4.69, 9.17) is 0 Å². The third kappa shape index (κ3) is 6.11. The van der Waals surface area contributed by atoms with Crippen LogP contribution in [0.1, 0.15) is 64.4 Å². The molecule has 1 heterocycles. The lowest BCUT2D eigenvalue weighted by molar-refractivity contribution is -0.127. The maximum Gasteiger partial charge on any atom is 0.249 e. The van der Waals surface area contributed by atoms with Crippen LogP contribution in [0.3, 0.4) is 0 Å². The third-order valence-electron chi connectivity index (χ3n) is 6.02. The SMILES string of the molecule is CC[C@H](C)[C@@H](NC(=O)CCC1CCCC1)C(=O)Nc1nnc(-c2ccc(C)cc2)s1. The number of hydrogen-bond donors (Lipinski definition) is 2. The van der Waals surface area contributed by atoms with E-state index in [2.05, 4.69) is 20.8 Å². The van der Waals surface area contributed by atoms with Gasteiger partial charge in [0.15, 0.2) is 0 Å². The zero-order valence-electron chi connectivity index (χ0n) is 18.1. The third-order valence-corrected chi connectivity index (χ3v) is 6.91. The summed E-state index contributed by atoms with van der Waals surface area (Å²) < 4.78 is 0. The molecule has 0 spiro atoms. The van der Waals surface area contributed by atoms with Crippen molar-refractivity contribution in [3.05, 3.63) is 29.8 Å². The summed E-state index contributed by atoms with van der Waals surface area (Å²) in [6.07, 6.45) is 7.20. The molecule has 0 radical (unpaired) electrons. The summed E-state index contributed by atoms with van der Waals surface area (Å²) in [5, 5.41) is 15.3. The summed E-state index contributed by atoms with van der Waals surface area (Å²) in [5.41, 5.74) is 2.15. The highest BCUT2D eigenvalue weighted by Crippen LogP contribution is 2.29. The summed E-state index contributed by atoms with van der Waals surface area (Å²) in [7, 11) is 0. The van der Waals surface area contributed by atoms with Gasteiger partial charge < -0.3 is 5.32 Å². The first-order chi connectivity index (χ1) is 14.5. The van der Waals surface area contributed by atoms with Crippen molar-refractivity contribution in [1.29, 1.82) is 0 Å². The van der Waals surface area contributed by atoms with Crippen molar-refractivity contribution in [3.63, 3.8) is 0 Å². The second-order valence-corrected chi connectivity index (χ2v) is 9.37. The molecule has 2 amide bonds. The number of hydrogen-bond acceptors (Lipinski definition) is 5. The Morgan fingerprint density at radius 2 is 1.87 bits per heavy atom. The summed E-state index contributed by atoms with van der Waals surface area (Å²) in [4.78, 5) is 25.4. The van der Waals surface area contributed by atoms with Crippen LogP contribution in [0.25, 0.3) is 10.6 Å². The Bertz CT molecular complexity index is 843. The molecule has 1 aromatic carbocycles. The highest BCUT2D eigenvalue weighted by atomic mass is 32.1. The van der Waals surface area contributed by atoms with E-state index in [-0.39, 0.29) is 17.7 Å². The van der Waals surface area contributed by atoms with Gasteiger partial charge in [-0.05, 0) is 25.2 Å². The molecule has 1 fully saturated rings. The molecule has 7 heteroatoms. The van der Waals surface area contributed by atoms with E-state index >= 15 is 0 Å². The summed E-state index contributed by atoms with van der Waals surface area (Å²) in [6.45, 7) is 6.04. The number of aryl methyl sites for hydroxylation is 1. The average Bonchev–Trinajstić information content (AvgIpc) is 3.42. The van der Waals surface area contributed by atoms with E-state index < -0.39 is 6.04 Å². The molecule has 2 atom stereocenters. The van der Waals surface area contributed by atoms with Crippen LogP contribution in [0.4, 0.5) is 5.13 Å². The normalized spacial score (nSPS) is 16.2. The molecule has 3 rings (SSSR count). The molecule has 2 N–H and O–H groups in total. The van der Waals surface area contributed by atoms with Gasteiger partial charge in [-0.3, -0.25) is 14.9 Å². The molecule has 30 heavy (non-hydrogen) atoms. The van der Waals surface area contributed by atoms with Crippen LogP contribution in [0, 0.1) is 18.8 Å². The smallest absolute Gasteiger partial charge is 0.249 e. The van der Waals surface area contributed by atoms with Crippen LogP contribution >= 0.6 is 11.3 Å². The zero-order chi connectivity index (χ0) is 21.5. The molecular weight excluding hydrogens is 396 g/mol. The number of carbonyl (C=O) groups is 2. The summed E-state index contributed by atoms with van der Waals surface area (Å²) in [6, 6.07) is 7.46. The quantitative estimate of drug-likeness (QED) is 0.592. The molecular formula is C23H32N4O2S. The first kappa shape index (κ1) is 22.4. The minimum Gasteiger partial charge on any atom is -0.344 e. The van der Waals surface area contributed by atoms with Gasteiger partial charge in [0.2, 0.25) is 16.9 Å². The number of aromatic nitrogens is 2. The van der Waals surface area contributed by atoms with Crippen molar-refractivity contribution < 1.29 is 9.59 Å². The van der Waals surface area contributed by atoms with Gasteiger partial charge in [-0.25, -0.2) is 0 Å². The predicted molar refractivity (Wildman–Crippen MR) is 121 cm³/mol. The standard InChI is InChI=1S/C23H32N4O2S/c1-4-16(3)20(24-19(28)14-11-17-7-5-6-8-17)21(29)25-23-27-26-22(30-23)18-12-9-15(2)10-13-18/h9-10,12-13,16-17,20H,4-8,11,14H2,1-3H3,(H,24,28)(H,25,27,29)/t16-,20+/m0/s1. The van der Waals surface area contributed by atoms with Crippen LogP contribution < -0.4 is 10.6 Å². The van der Waals surface area contributed by atoms with E-state index in [1.54, 1.807) is 0 Å². The molecule has 1 saturated carbocycles. The maximum absolute atomic E-state index is 12.9. The van der Waals surface area contributed by atoms with Gasteiger partial charge in [-0.15, -0.1) is 10.2 Å². The van der Waals surface area contributed by atoms with Crippen LogP contribution in [0.2, 0.25) is 0 Å². The molecule has 1 aliphatic rings. The largest absolute Gasteiger partial charge is 0.344 e. The first-order valence-electron chi connectivity index (χ1n) is 11.0. The molecule has 0 bridgehead atoms. The molecule has 0 aliphatic heterocycles. The number of benzene rings is 1. The summed E-state index contributed by atoms with van der Waals surface area (Å²) >= 11 is 1.34. The van der Waals surface area contributed by atoms with Gasteiger partial charge in [0.25, 0.3) is 0 Å². The second-order valence-electron chi connectivity index (χ2n) is 8.39. The zero-order valence-corrected chi connectivity index (χ0v) is 18.9. The number of carbonyl (C=O) groups excluding carboxylic acids is 2. The lowest BCUT2D eigenvalue weighted by Crippen LogP contribution is -2.47. The van der Waals surface area contributed by atoms with Gasteiger partial charge in [0.1, 0.15) is 11.0 Å². The van der Waals surface area contributed by atoms with Gasteiger partial charge in [-0.1, -0.05) is 87.1 Å². The maximum atomic E-state index is 12.9. The molecule has 162 valence electrons. The minimum absolute atomic E-state index is 0.0323. The number of anilines is 1. The van der Waals surface area contributed by atoms with Crippen LogP contribution in [-0.2, 0) is 9.59 Å². The fraction of sp³-hybridized carbons (Fsp3) is 0.565. The van der Waals surface area contributed by atoms with Crippen molar-refractivity contribution in [3.8, 4) is 10.6 Å². The van der Waals surface area contributed by atoms with E-state index in [0.29, 0.717) is 17.5 Å². The Balaban J connectivity index is 1.59. The molecule has 0 saturated heterocycles. The molecule has 0 unspecified atom stereocenters. The Kier molecular flexibility index (Phi) is 7.96. The molecule has 1 aliphatic carbocycles. The van der Waals surface area contributed by atoms with E-state index in [9.17, 15) is 9.59 Å². The number of amides is 2. The fourth-order valence-electron chi connectivity index (χ4n) is 3.85. The van der Waals surface area contributed by atoms with Crippen LogP contribution in [0.5, 0.6) is 0 Å². The number of nitrogens with one attached hydrogen (secondary N) is 2. The monoisotopic (exact) mass is 428 g/mol. The lowest BCUT2D eigenvalue weighted by atomic mass is 9.97. The topological polar surface area (TPSA) is 84.0 Å². The van der Waals surface area contributed by atoms with E-state index in [1.807, 2.05) is 45.0 Å². The molecule has 6 nitrogen and oxygen atoms in total. The van der Waals surface area contributed by atoms with Crippen molar-refractivity contribution in [1.82, 2.24) is 15.5 Å². The Hall–Kier alpha value is -2.28. The van der Waals surface area contributed by atoms with Crippen molar-refractivity contribution in [2.75, 3.05) is 5.32 Å². The first-order valence-corrected chi connectivity index (χ1v) is 11.8. The number of rotatable bonds is 9. The minimum atomic E-state index is -0.571. The average molecular weight is 429 g/mol. The van der Waals surface area contributed by atoms with Crippen LogP contribution in [0.15, 0.2) is 24.3 Å². The van der Waals surface area contributed by atoms with E-state index in [0.717, 1.165) is 23.4 Å². The van der Waals surface area contributed by atoms with Crippen molar-refractivity contribution in [2.45, 2.75) is 71.8 Å². The van der Waals surface area contributed by atoms with E-state index in [1.165, 1.54) is 42.6 Å².